The number of halogens is 1. The molecule has 3 aromatic heterocycles. The van der Waals surface area contributed by atoms with E-state index in [0.717, 1.165) is 0 Å². The summed E-state index contributed by atoms with van der Waals surface area (Å²) in [5.41, 5.74) is 6.43. The van der Waals surface area contributed by atoms with Crippen molar-refractivity contribution in [3.63, 3.8) is 0 Å². The van der Waals surface area contributed by atoms with Gasteiger partial charge in [0.25, 0.3) is 0 Å². The highest BCUT2D eigenvalue weighted by Gasteiger charge is 2.14. The van der Waals surface area contributed by atoms with Gasteiger partial charge in [-0.05, 0) is 34.1 Å². The van der Waals surface area contributed by atoms with Gasteiger partial charge in [-0.3, -0.25) is 0 Å². The standard InChI is InChI=1S/C11H7BrN4O3.C5H12N2O/c12-8-2-1-7(19-8)9-14-10-6(13)3-5(11(17)18)4-16(10)15-9;1-6(2)5(8)7(3)4/h1-4H,13H2,(H,17,18);1-4H3. The van der Waals surface area contributed by atoms with Crippen molar-refractivity contribution >= 4 is 39.3 Å². The maximum Gasteiger partial charge on any atom is 0.337 e. The number of carbonyl (C=O) groups excluding carboxylic acids is 1. The van der Waals surface area contributed by atoms with E-state index in [-0.39, 0.29) is 17.3 Å². The zero-order chi connectivity index (χ0) is 20.3. The second kappa shape index (κ2) is 8.08. The Hall–Kier alpha value is -3.08. The number of amides is 2. The molecule has 0 radical (unpaired) electrons. The maximum atomic E-state index is 10.9. The molecule has 144 valence electrons. The van der Waals surface area contributed by atoms with E-state index in [1.54, 1.807) is 40.3 Å². The summed E-state index contributed by atoms with van der Waals surface area (Å²) in [4.78, 5) is 28.9. The fourth-order valence-electron chi connectivity index (χ4n) is 2.07. The third-order valence-corrected chi connectivity index (χ3v) is 3.69. The van der Waals surface area contributed by atoms with Crippen LogP contribution in [0.5, 0.6) is 0 Å². The van der Waals surface area contributed by atoms with Gasteiger partial charge in [-0.2, -0.15) is 0 Å². The smallest absolute Gasteiger partial charge is 0.337 e. The molecule has 0 spiro atoms. The number of carboxylic acids is 1. The fourth-order valence-corrected chi connectivity index (χ4v) is 2.37. The van der Waals surface area contributed by atoms with E-state index >= 15 is 0 Å². The van der Waals surface area contributed by atoms with Crippen LogP contribution in [0.4, 0.5) is 10.5 Å². The molecule has 0 saturated carbocycles. The SMILES string of the molecule is CN(C)C(=O)N(C)C.Nc1cc(C(=O)O)cn2nc(-c3ccc(Br)o3)nc12. The van der Waals surface area contributed by atoms with E-state index < -0.39 is 5.97 Å². The van der Waals surface area contributed by atoms with Crippen molar-refractivity contribution in [1.29, 1.82) is 0 Å². The van der Waals surface area contributed by atoms with Gasteiger partial charge in [-0.25, -0.2) is 19.1 Å². The lowest BCUT2D eigenvalue weighted by atomic mass is 10.2. The minimum Gasteiger partial charge on any atom is -0.478 e. The van der Waals surface area contributed by atoms with E-state index in [0.29, 0.717) is 21.9 Å². The Morgan fingerprint density at radius 1 is 1.22 bits per heavy atom. The van der Waals surface area contributed by atoms with Crippen molar-refractivity contribution in [2.45, 2.75) is 0 Å². The van der Waals surface area contributed by atoms with Crippen LogP contribution in [0.3, 0.4) is 0 Å². The van der Waals surface area contributed by atoms with E-state index in [9.17, 15) is 9.59 Å². The largest absolute Gasteiger partial charge is 0.478 e. The first-order valence-corrected chi connectivity index (χ1v) is 8.43. The Morgan fingerprint density at radius 2 is 1.85 bits per heavy atom. The van der Waals surface area contributed by atoms with Crippen molar-refractivity contribution in [3.05, 3.63) is 34.6 Å². The summed E-state index contributed by atoms with van der Waals surface area (Å²) in [6.45, 7) is 0. The summed E-state index contributed by atoms with van der Waals surface area (Å²) in [7, 11) is 6.90. The van der Waals surface area contributed by atoms with Crippen molar-refractivity contribution in [3.8, 4) is 11.6 Å². The average Bonchev–Trinajstić information content (AvgIpc) is 3.20. The number of hydrogen-bond acceptors (Lipinski definition) is 6. The van der Waals surface area contributed by atoms with Crippen molar-refractivity contribution < 1.29 is 19.1 Å². The average molecular weight is 439 g/mol. The number of furan rings is 1. The van der Waals surface area contributed by atoms with Crippen LogP contribution < -0.4 is 5.73 Å². The van der Waals surface area contributed by atoms with Gasteiger partial charge < -0.3 is 25.1 Å². The Morgan fingerprint density at radius 3 is 2.30 bits per heavy atom. The number of carbonyl (C=O) groups is 2. The van der Waals surface area contributed by atoms with Crippen LogP contribution in [0.1, 0.15) is 10.4 Å². The quantitative estimate of drug-likeness (QED) is 0.626. The number of fused-ring (bicyclic) bond motifs is 1. The molecule has 0 aliphatic carbocycles. The maximum absolute atomic E-state index is 10.9. The number of hydrogen-bond donors (Lipinski definition) is 2. The lowest BCUT2D eigenvalue weighted by molar-refractivity contribution is 0.0696. The third-order valence-electron chi connectivity index (χ3n) is 3.27. The van der Waals surface area contributed by atoms with Gasteiger partial charge in [-0.15, -0.1) is 5.10 Å². The molecular weight excluding hydrogens is 420 g/mol. The highest BCUT2D eigenvalue weighted by molar-refractivity contribution is 9.10. The van der Waals surface area contributed by atoms with E-state index in [4.69, 9.17) is 15.3 Å². The van der Waals surface area contributed by atoms with Gasteiger partial charge >= 0.3 is 12.0 Å². The number of nitrogen functional groups attached to an aromatic ring is 1. The van der Waals surface area contributed by atoms with Crippen LogP contribution in [0.15, 0.2) is 33.5 Å². The molecule has 10 nitrogen and oxygen atoms in total. The van der Waals surface area contributed by atoms with E-state index in [1.165, 1.54) is 26.6 Å². The van der Waals surface area contributed by atoms with E-state index in [1.807, 2.05) is 0 Å². The van der Waals surface area contributed by atoms with Crippen LogP contribution in [0.2, 0.25) is 0 Å². The molecule has 11 heteroatoms. The zero-order valence-electron chi connectivity index (χ0n) is 15.2. The third kappa shape index (κ3) is 4.76. The van der Waals surface area contributed by atoms with Gasteiger partial charge in [0.1, 0.15) is 0 Å². The second-order valence-corrected chi connectivity index (χ2v) is 6.65. The number of rotatable bonds is 2. The van der Waals surface area contributed by atoms with Crippen molar-refractivity contribution in [2.75, 3.05) is 33.9 Å². The molecule has 2 amide bonds. The molecule has 3 rings (SSSR count). The molecule has 0 aliphatic heterocycles. The van der Waals surface area contributed by atoms with Gasteiger partial charge in [0, 0.05) is 34.4 Å². The van der Waals surface area contributed by atoms with Crippen molar-refractivity contribution in [2.24, 2.45) is 0 Å². The topological polar surface area (TPSA) is 130 Å². The normalized spacial score (nSPS) is 10.3. The fraction of sp³-hybridized carbons (Fsp3) is 0.250. The molecule has 0 atom stereocenters. The van der Waals surface area contributed by atoms with Crippen LogP contribution in [0, 0.1) is 0 Å². The van der Waals surface area contributed by atoms with Gasteiger partial charge in [0.15, 0.2) is 16.1 Å². The van der Waals surface area contributed by atoms with Crippen LogP contribution in [-0.2, 0) is 0 Å². The minimum atomic E-state index is -1.08. The Balaban J connectivity index is 0.000000279. The molecule has 0 unspecified atom stereocenters. The lowest BCUT2D eigenvalue weighted by Gasteiger charge is -2.16. The predicted molar refractivity (Wildman–Crippen MR) is 103 cm³/mol. The molecule has 0 fully saturated rings. The number of urea groups is 1. The monoisotopic (exact) mass is 438 g/mol. The molecule has 3 heterocycles. The highest BCUT2D eigenvalue weighted by atomic mass is 79.9. The number of carboxylic acid groups (broad SMARTS) is 1. The molecule has 0 saturated heterocycles. The first kappa shape index (κ1) is 20.2. The zero-order valence-corrected chi connectivity index (χ0v) is 16.8. The number of aromatic nitrogens is 3. The summed E-state index contributed by atoms with van der Waals surface area (Å²) in [5, 5.41) is 13.1. The van der Waals surface area contributed by atoms with Crippen LogP contribution >= 0.6 is 15.9 Å². The highest BCUT2D eigenvalue weighted by Crippen LogP contribution is 2.24. The molecule has 0 aromatic carbocycles. The summed E-state index contributed by atoms with van der Waals surface area (Å²) >= 11 is 3.19. The molecule has 3 aromatic rings. The lowest BCUT2D eigenvalue weighted by Crippen LogP contribution is -2.33. The number of nitrogens with zero attached hydrogens (tertiary/aromatic N) is 5. The number of nitrogens with two attached hydrogens (primary N) is 1. The summed E-state index contributed by atoms with van der Waals surface area (Å²) in [5.74, 6) is -0.279. The number of aromatic carboxylic acids is 1. The van der Waals surface area contributed by atoms with E-state index in [2.05, 4.69) is 26.0 Å². The molecular formula is C16H19BrN6O4. The Kier molecular flexibility index (Phi) is 6.05. The predicted octanol–water partition coefficient (Wildman–Crippen LogP) is 2.26. The molecule has 0 aliphatic rings. The molecule has 3 N–H and O–H groups in total. The Labute approximate surface area is 163 Å². The number of anilines is 1. The Bertz CT molecular complexity index is 969. The van der Waals surface area contributed by atoms with Crippen molar-refractivity contribution in [1.82, 2.24) is 24.4 Å². The van der Waals surface area contributed by atoms with Crippen LogP contribution in [-0.4, -0.2) is 69.7 Å². The van der Waals surface area contributed by atoms with Gasteiger partial charge in [-0.1, -0.05) is 0 Å². The van der Waals surface area contributed by atoms with Gasteiger partial charge in [0.05, 0.1) is 11.3 Å². The number of pyridine rings is 1. The minimum absolute atomic E-state index is 0.0185. The first-order valence-electron chi connectivity index (χ1n) is 7.63. The first-order chi connectivity index (χ1) is 12.6. The van der Waals surface area contributed by atoms with Crippen LogP contribution in [0.25, 0.3) is 17.2 Å². The summed E-state index contributed by atoms with van der Waals surface area (Å²) in [6, 6.07) is 4.78. The summed E-state index contributed by atoms with van der Waals surface area (Å²) in [6.07, 6.45) is 1.35. The summed E-state index contributed by atoms with van der Waals surface area (Å²) < 4.78 is 7.22. The molecule has 0 bridgehead atoms. The van der Waals surface area contributed by atoms with Gasteiger partial charge in [0.2, 0.25) is 5.82 Å². The second-order valence-electron chi connectivity index (χ2n) is 5.87. The molecule has 27 heavy (non-hydrogen) atoms.